The van der Waals surface area contributed by atoms with E-state index in [-0.39, 0.29) is 13.0 Å². The number of imidazole rings is 1. The zero-order valence-electron chi connectivity index (χ0n) is 11.0. The van der Waals surface area contributed by atoms with E-state index in [1.165, 1.54) is 12.1 Å². The van der Waals surface area contributed by atoms with Gasteiger partial charge in [-0.05, 0) is 24.3 Å². The van der Waals surface area contributed by atoms with Crippen molar-refractivity contribution >= 4 is 17.0 Å². The molecule has 1 N–H and O–H groups in total. The Morgan fingerprint density at radius 1 is 1.24 bits per heavy atom. The fourth-order valence-corrected chi connectivity index (χ4v) is 2.21. The molecule has 0 radical (unpaired) electrons. The predicted molar refractivity (Wildman–Crippen MR) is 75.2 cm³/mol. The molecule has 0 fully saturated rings. The number of aryl methyl sites for hydroxylation is 1. The van der Waals surface area contributed by atoms with Crippen LogP contribution in [0, 0.1) is 5.82 Å². The van der Waals surface area contributed by atoms with Crippen molar-refractivity contribution in [2.24, 2.45) is 0 Å². The maximum atomic E-state index is 13.0. The molecular formula is C15H12FN3O2. The van der Waals surface area contributed by atoms with Gasteiger partial charge in [-0.15, -0.1) is 0 Å². The average Bonchev–Trinajstić information content (AvgIpc) is 2.84. The SMILES string of the molecule is O=C(O)CCn1c(-c2ccc(F)cn2)nc2ccccc21. The third-order valence-electron chi connectivity index (χ3n) is 3.16. The number of rotatable bonds is 4. The molecule has 0 unspecified atom stereocenters. The van der Waals surface area contributed by atoms with Gasteiger partial charge in [0, 0.05) is 6.54 Å². The number of hydrogen-bond donors (Lipinski definition) is 1. The van der Waals surface area contributed by atoms with Crippen LogP contribution >= 0.6 is 0 Å². The summed E-state index contributed by atoms with van der Waals surface area (Å²) in [4.78, 5) is 19.3. The first-order valence-electron chi connectivity index (χ1n) is 6.44. The van der Waals surface area contributed by atoms with Crippen molar-refractivity contribution in [1.29, 1.82) is 0 Å². The predicted octanol–water partition coefficient (Wildman–Crippen LogP) is 2.71. The number of hydrogen-bond acceptors (Lipinski definition) is 3. The number of carboxylic acids is 1. The molecule has 2 aromatic heterocycles. The molecule has 0 aliphatic rings. The van der Waals surface area contributed by atoms with Gasteiger partial charge in [0.15, 0.2) is 5.82 Å². The number of pyridine rings is 1. The minimum absolute atomic E-state index is 0.0193. The molecule has 6 heteroatoms. The number of halogens is 1. The number of aromatic nitrogens is 3. The normalized spacial score (nSPS) is 10.9. The zero-order chi connectivity index (χ0) is 14.8. The van der Waals surface area contributed by atoms with Gasteiger partial charge in [0.05, 0.1) is 23.7 Å². The summed E-state index contributed by atoms with van der Waals surface area (Å²) in [5.41, 5.74) is 2.10. The van der Waals surface area contributed by atoms with Crippen LogP contribution in [-0.4, -0.2) is 25.6 Å². The monoisotopic (exact) mass is 285 g/mol. The van der Waals surface area contributed by atoms with Gasteiger partial charge in [-0.25, -0.2) is 14.4 Å². The van der Waals surface area contributed by atoms with Crippen molar-refractivity contribution in [3.8, 4) is 11.5 Å². The first-order valence-corrected chi connectivity index (χ1v) is 6.44. The lowest BCUT2D eigenvalue weighted by Crippen LogP contribution is -2.06. The quantitative estimate of drug-likeness (QED) is 0.800. The number of aliphatic carboxylic acids is 1. The molecule has 2 heterocycles. The van der Waals surface area contributed by atoms with Crippen LogP contribution in [0.4, 0.5) is 4.39 Å². The van der Waals surface area contributed by atoms with Gasteiger partial charge in [0.1, 0.15) is 11.5 Å². The first kappa shape index (κ1) is 13.2. The molecule has 0 aliphatic carbocycles. The van der Waals surface area contributed by atoms with Gasteiger partial charge < -0.3 is 9.67 Å². The fourth-order valence-electron chi connectivity index (χ4n) is 2.21. The second-order valence-electron chi connectivity index (χ2n) is 4.58. The summed E-state index contributed by atoms with van der Waals surface area (Å²) in [7, 11) is 0. The van der Waals surface area contributed by atoms with Crippen LogP contribution in [-0.2, 0) is 11.3 Å². The molecule has 0 bridgehead atoms. The van der Waals surface area contributed by atoms with Crippen LogP contribution in [0.5, 0.6) is 0 Å². The summed E-state index contributed by atoms with van der Waals surface area (Å²) in [5, 5.41) is 8.88. The molecule has 0 aliphatic heterocycles. The molecule has 0 spiro atoms. The molecule has 0 atom stereocenters. The van der Waals surface area contributed by atoms with E-state index in [9.17, 15) is 9.18 Å². The number of nitrogens with zero attached hydrogens (tertiary/aromatic N) is 3. The van der Waals surface area contributed by atoms with E-state index in [0.29, 0.717) is 11.5 Å². The summed E-state index contributed by atoms with van der Waals surface area (Å²) in [5.74, 6) is -0.768. The number of fused-ring (bicyclic) bond motifs is 1. The topological polar surface area (TPSA) is 68.0 Å². The lowest BCUT2D eigenvalue weighted by atomic mass is 10.3. The Morgan fingerprint density at radius 2 is 2.05 bits per heavy atom. The molecule has 3 aromatic rings. The summed E-state index contributed by atoms with van der Waals surface area (Å²) in [6.45, 7) is 0.282. The second kappa shape index (κ2) is 5.32. The van der Waals surface area contributed by atoms with E-state index < -0.39 is 11.8 Å². The van der Waals surface area contributed by atoms with Crippen molar-refractivity contribution in [2.45, 2.75) is 13.0 Å². The van der Waals surface area contributed by atoms with Crippen LogP contribution in [0.3, 0.4) is 0 Å². The first-order chi connectivity index (χ1) is 10.1. The van der Waals surface area contributed by atoms with Gasteiger partial charge in [-0.3, -0.25) is 4.79 Å². The van der Waals surface area contributed by atoms with Crippen LogP contribution in [0.2, 0.25) is 0 Å². The third kappa shape index (κ3) is 2.60. The molecular weight excluding hydrogens is 273 g/mol. The van der Waals surface area contributed by atoms with Gasteiger partial charge >= 0.3 is 5.97 Å². The summed E-state index contributed by atoms with van der Waals surface area (Å²) in [6, 6.07) is 10.3. The molecule has 0 saturated heterocycles. The second-order valence-corrected chi connectivity index (χ2v) is 4.58. The van der Waals surface area contributed by atoms with Gasteiger partial charge in [0.2, 0.25) is 0 Å². The zero-order valence-corrected chi connectivity index (χ0v) is 11.0. The van der Waals surface area contributed by atoms with Crippen molar-refractivity contribution in [3.63, 3.8) is 0 Å². The lowest BCUT2D eigenvalue weighted by molar-refractivity contribution is -0.137. The summed E-state index contributed by atoms with van der Waals surface area (Å²) >= 11 is 0. The Morgan fingerprint density at radius 3 is 2.76 bits per heavy atom. The van der Waals surface area contributed by atoms with Crippen LogP contribution in [0.25, 0.3) is 22.6 Å². The Labute approximate surface area is 119 Å². The largest absolute Gasteiger partial charge is 0.481 e. The highest BCUT2D eigenvalue weighted by Gasteiger charge is 2.14. The van der Waals surface area contributed by atoms with E-state index in [0.717, 1.165) is 17.2 Å². The highest BCUT2D eigenvalue weighted by molar-refractivity contribution is 5.80. The van der Waals surface area contributed by atoms with Crippen molar-refractivity contribution in [2.75, 3.05) is 0 Å². The number of benzene rings is 1. The highest BCUT2D eigenvalue weighted by atomic mass is 19.1. The van der Waals surface area contributed by atoms with Crippen molar-refractivity contribution in [3.05, 3.63) is 48.4 Å². The maximum absolute atomic E-state index is 13.0. The fraction of sp³-hybridized carbons (Fsp3) is 0.133. The van der Waals surface area contributed by atoms with E-state index in [4.69, 9.17) is 5.11 Å². The van der Waals surface area contributed by atoms with E-state index >= 15 is 0 Å². The Balaban J connectivity index is 2.13. The molecule has 3 rings (SSSR count). The van der Waals surface area contributed by atoms with Gasteiger partial charge in [0.25, 0.3) is 0 Å². The van der Waals surface area contributed by atoms with E-state index in [1.807, 2.05) is 24.3 Å². The molecule has 21 heavy (non-hydrogen) atoms. The molecule has 1 aromatic carbocycles. The minimum Gasteiger partial charge on any atom is -0.481 e. The summed E-state index contributed by atoms with van der Waals surface area (Å²) in [6.07, 6.45) is 1.10. The smallest absolute Gasteiger partial charge is 0.305 e. The highest BCUT2D eigenvalue weighted by Crippen LogP contribution is 2.23. The molecule has 0 amide bonds. The van der Waals surface area contributed by atoms with Crippen LogP contribution in [0.1, 0.15) is 6.42 Å². The average molecular weight is 285 g/mol. The Kier molecular flexibility index (Phi) is 3.35. The van der Waals surface area contributed by atoms with Crippen molar-refractivity contribution in [1.82, 2.24) is 14.5 Å². The van der Waals surface area contributed by atoms with Crippen LogP contribution in [0.15, 0.2) is 42.6 Å². The third-order valence-corrected chi connectivity index (χ3v) is 3.16. The Hall–Kier alpha value is -2.76. The van der Waals surface area contributed by atoms with Crippen LogP contribution < -0.4 is 0 Å². The molecule has 0 saturated carbocycles. The lowest BCUT2D eigenvalue weighted by Gasteiger charge is -2.07. The van der Waals surface area contributed by atoms with Gasteiger partial charge in [-0.1, -0.05) is 12.1 Å². The summed E-state index contributed by atoms with van der Waals surface area (Å²) < 4.78 is 14.8. The van der Waals surface area contributed by atoms with E-state index in [2.05, 4.69) is 9.97 Å². The molecule has 106 valence electrons. The maximum Gasteiger partial charge on any atom is 0.305 e. The van der Waals surface area contributed by atoms with E-state index in [1.54, 1.807) is 4.57 Å². The minimum atomic E-state index is -0.884. The van der Waals surface area contributed by atoms with Gasteiger partial charge in [-0.2, -0.15) is 0 Å². The standard InChI is InChI=1S/C15H12FN3O2/c16-10-5-6-12(17-9-10)15-18-11-3-1-2-4-13(11)19(15)8-7-14(20)21/h1-6,9H,7-8H2,(H,20,21). The number of para-hydroxylation sites is 2. The van der Waals surface area contributed by atoms with Crippen molar-refractivity contribution < 1.29 is 14.3 Å². The number of carboxylic acid groups (broad SMARTS) is 1. The number of carbonyl (C=O) groups is 1. The molecule has 5 nitrogen and oxygen atoms in total. The Bertz CT molecular complexity index is 796.